The summed E-state index contributed by atoms with van der Waals surface area (Å²) in [5.41, 5.74) is 5.20. The van der Waals surface area contributed by atoms with Crippen molar-refractivity contribution in [2.45, 2.75) is 6.42 Å². The van der Waals surface area contributed by atoms with Gasteiger partial charge in [-0.3, -0.25) is 10.1 Å². The number of phenolic OH excluding ortho intramolecular Hbond substituents is 2. The molecule has 80 valence electrons. The number of nitrogens with two attached hydrogens (primary N) is 1. The van der Waals surface area contributed by atoms with Crippen molar-refractivity contribution < 1.29 is 19.8 Å². The number of amides is 3. The molecule has 5 N–H and O–H groups in total. The highest BCUT2D eigenvalue weighted by molar-refractivity contribution is 5.94. The molecular weight excluding hydrogens is 200 g/mol. The molecule has 6 nitrogen and oxygen atoms in total. The molecule has 0 aliphatic carbocycles. The number of imide groups is 1. The lowest BCUT2D eigenvalue weighted by Crippen LogP contribution is -2.35. The first-order valence-electron chi connectivity index (χ1n) is 4.09. The summed E-state index contributed by atoms with van der Waals surface area (Å²) >= 11 is 0. The van der Waals surface area contributed by atoms with Gasteiger partial charge in [0.2, 0.25) is 5.91 Å². The number of hydrogen-bond donors (Lipinski definition) is 4. The molecule has 0 fully saturated rings. The SMILES string of the molecule is NC(=O)NC(=O)Cc1ccc(O)c(O)c1. The number of primary amides is 1. The lowest BCUT2D eigenvalue weighted by Gasteiger charge is -2.03. The Hall–Kier alpha value is -2.24. The van der Waals surface area contributed by atoms with Crippen LogP contribution in [0.3, 0.4) is 0 Å². The van der Waals surface area contributed by atoms with Gasteiger partial charge in [-0.2, -0.15) is 0 Å². The number of benzene rings is 1. The van der Waals surface area contributed by atoms with Crippen LogP contribution in [-0.2, 0) is 11.2 Å². The van der Waals surface area contributed by atoms with Gasteiger partial charge in [0, 0.05) is 0 Å². The van der Waals surface area contributed by atoms with Gasteiger partial charge in [-0.1, -0.05) is 6.07 Å². The molecule has 3 amide bonds. The highest BCUT2D eigenvalue weighted by Crippen LogP contribution is 2.24. The lowest BCUT2D eigenvalue weighted by molar-refractivity contribution is -0.119. The maximum Gasteiger partial charge on any atom is 0.318 e. The van der Waals surface area contributed by atoms with E-state index in [0.29, 0.717) is 5.56 Å². The molecule has 1 aromatic rings. The number of phenols is 2. The largest absolute Gasteiger partial charge is 0.504 e. The summed E-state index contributed by atoms with van der Waals surface area (Å²) in [7, 11) is 0. The summed E-state index contributed by atoms with van der Waals surface area (Å²) in [5, 5.41) is 20.0. The van der Waals surface area contributed by atoms with Crippen molar-refractivity contribution in [3.05, 3.63) is 23.8 Å². The van der Waals surface area contributed by atoms with Gasteiger partial charge in [-0.25, -0.2) is 4.79 Å². The van der Waals surface area contributed by atoms with Crippen molar-refractivity contribution in [2.24, 2.45) is 5.73 Å². The van der Waals surface area contributed by atoms with Crippen molar-refractivity contribution >= 4 is 11.9 Å². The van der Waals surface area contributed by atoms with E-state index < -0.39 is 11.9 Å². The fourth-order valence-corrected chi connectivity index (χ4v) is 1.05. The minimum atomic E-state index is -0.928. The van der Waals surface area contributed by atoms with Crippen LogP contribution in [0.5, 0.6) is 11.5 Å². The first-order valence-corrected chi connectivity index (χ1v) is 4.09. The Kier molecular flexibility index (Phi) is 3.12. The van der Waals surface area contributed by atoms with E-state index in [9.17, 15) is 9.59 Å². The summed E-state index contributed by atoms with van der Waals surface area (Å²) in [6.45, 7) is 0. The molecule has 1 rings (SSSR count). The van der Waals surface area contributed by atoms with Gasteiger partial charge in [0.1, 0.15) is 0 Å². The maximum atomic E-state index is 11.1. The molecule has 0 aliphatic rings. The van der Waals surface area contributed by atoms with Crippen LogP contribution in [0, 0.1) is 0 Å². The molecule has 0 heterocycles. The van der Waals surface area contributed by atoms with Crippen molar-refractivity contribution in [3.8, 4) is 11.5 Å². The second-order valence-electron chi connectivity index (χ2n) is 2.91. The van der Waals surface area contributed by atoms with E-state index >= 15 is 0 Å². The Morgan fingerprint density at radius 1 is 1.27 bits per heavy atom. The third kappa shape index (κ3) is 3.18. The number of urea groups is 1. The van der Waals surface area contributed by atoms with E-state index in [1.54, 1.807) is 0 Å². The molecule has 0 saturated heterocycles. The molecule has 0 atom stereocenters. The molecule has 1 aromatic carbocycles. The monoisotopic (exact) mass is 210 g/mol. The number of hydrogen-bond acceptors (Lipinski definition) is 4. The standard InChI is InChI=1S/C9H10N2O4/c10-9(15)11-8(14)4-5-1-2-6(12)7(13)3-5/h1-3,12-13H,4H2,(H3,10,11,14,15). The van der Waals surface area contributed by atoms with Crippen LogP contribution in [0.15, 0.2) is 18.2 Å². The van der Waals surface area contributed by atoms with E-state index in [0.717, 1.165) is 0 Å². The van der Waals surface area contributed by atoms with Crippen LogP contribution in [0.25, 0.3) is 0 Å². The first kappa shape index (κ1) is 10.8. The highest BCUT2D eigenvalue weighted by Gasteiger charge is 2.07. The summed E-state index contributed by atoms with van der Waals surface area (Å²) in [4.78, 5) is 21.4. The van der Waals surface area contributed by atoms with Crippen molar-refractivity contribution in [1.82, 2.24) is 5.32 Å². The second kappa shape index (κ2) is 4.32. The summed E-state index contributed by atoms with van der Waals surface area (Å²) in [5.74, 6) is -1.17. The maximum absolute atomic E-state index is 11.1. The fourth-order valence-electron chi connectivity index (χ4n) is 1.05. The molecule has 6 heteroatoms. The minimum absolute atomic E-state index is 0.100. The first-order chi connectivity index (χ1) is 6.99. The van der Waals surface area contributed by atoms with Crippen LogP contribution >= 0.6 is 0 Å². The minimum Gasteiger partial charge on any atom is -0.504 e. The lowest BCUT2D eigenvalue weighted by atomic mass is 10.1. The van der Waals surface area contributed by atoms with Gasteiger partial charge < -0.3 is 15.9 Å². The van der Waals surface area contributed by atoms with Gasteiger partial charge in [-0.15, -0.1) is 0 Å². The average Bonchev–Trinajstić information content (AvgIpc) is 2.10. The fraction of sp³-hybridized carbons (Fsp3) is 0.111. The molecular formula is C9H10N2O4. The Labute approximate surface area is 85.3 Å². The van der Waals surface area contributed by atoms with Crippen LogP contribution in [0.1, 0.15) is 5.56 Å². The van der Waals surface area contributed by atoms with Crippen molar-refractivity contribution in [1.29, 1.82) is 0 Å². The van der Waals surface area contributed by atoms with E-state index in [-0.39, 0.29) is 17.9 Å². The smallest absolute Gasteiger partial charge is 0.318 e. The van der Waals surface area contributed by atoms with Crippen LogP contribution < -0.4 is 11.1 Å². The predicted molar refractivity (Wildman–Crippen MR) is 51.2 cm³/mol. The van der Waals surface area contributed by atoms with E-state index in [1.807, 2.05) is 5.32 Å². The second-order valence-corrected chi connectivity index (χ2v) is 2.91. The normalized spacial score (nSPS) is 9.60. The van der Waals surface area contributed by atoms with Crippen LogP contribution in [0.4, 0.5) is 4.79 Å². The predicted octanol–water partition coefficient (Wildman–Crippen LogP) is -0.165. The molecule has 0 aromatic heterocycles. The Balaban J connectivity index is 2.69. The summed E-state index contributed by atoms with van der Waals surface area (Å²) in [6, 6.07) is 3.01. The third-order valence-corrected chi connectivity index (χ3v) is 1.67. The number of carbonyl (C=O) groups is 2. The van der Waals surface area contributed by atoms with Crippen molar-refractivity contribution in [3.63, 3.8) is 0 Å². The Morgan fingerprint density at radius 3 is 2.47 bits per heavy atom. The zero-order valence-corrected chi connectivity index (χ0v) is 7.73. The molecule has 15 heavy (non-hydrogen) atoms. The highest BCUT2D eigenvalue weighted by atomic mass is 16.3. The number of aromatic hydroxyl groups is 2. The van der Waals surface area contributed by atoms with Crippen LogP contribution in [-0.4, -0.2) is 22.2 Å². The van der Waals surface area contributed by atoms with Gasteiger partial charge in [-0.05, 0) is 17.7 Å². The van der Waals surface area contributed by atoms with Crippen molar-refractivity contribution in [2.75, 3.05) is 0 Å². The van der Waals surface area contributed by atoms with E-state index in [2.05, 4.69) is 0 Å². The molecule has 0 bridgehead atoms. The molecule has 0 aliphatic heterocycles. The van der Waals surface area contributed by atoms with Gasteiger partial charge in [0.05, 0.1) is 6.42 Å². The van der Waals surface area contributed by atoms with Gasteiger partial charge >= 0.3 is 6.03 Å². The topological polar surface area (TPSA) is 113 Å². The third-order valence-electron chi connectivity index (χ3n) is 1.67. The number of carbonyl (C=O) groups excluding carboxylic acids is 2. The van der Waals surface area contributed by atoms with E-state index in [1.165, 1.54) is 18.2 Å². The van der Waals surface area contributed by atoms with E-state index in [4.69, 9.17) is 15.9 Å². The average molecular weight is 210 g/mol. The zero-order valence-electron chi connectivity index (χ0n) is 7.73. The molecule has 0 spiro atoms. The quantitative estimate of drug-likeness (QED) is 0.508. The summed E-state index contributed by atoms with van der Waals surface area (Å²) < 4.78 is 0. The number of rotatable bonds is 2. The Morgan fingerprint density at radius 2 is 1.93 bits per heavy atom. The summed E-state index contributed by atoms with van der Waals surface area (Å²) in [6.07, 6.45) is -0.100. The van der Waals surface area contributed by atoms with Gasteiger partial charge in [0.15, 0.2) is 11.5 Å². The molecule has 0 unspecified atom stereocenters. The zero-order chi connectivity index (χ0) is 11.4. The Bertz CT molecular complexity index is 403. The number of nitrogens with one attached hydrogen (secondary N) is 1. The molecule has 0 radical (unpaired) electrons. The van der Waals surface area contributed by atoms with Gasteiger partial charge in [0.25, 0.3) is 0 Å². The van der Waals surface area contributed by atoms with Crippen LogP contribution in [0.2, 0.25) is 0 Å². The molecule has 0 saturated carbocycles.